The van der Waals surface area contributed by atoms with Gasteiger partial charge >= 0.3 is 0 Å². The molecule has 1 atom stereocenters. The van der Waals surface area contributed by atoms with Crippen LogP contribution in [0.3, 0.4) is 0 Å². The van der Waals surface area contributed by atoms with Crippen molar-refractivity contribution in [1.29, 1.82) is 0 Å². The predicted molar refractivity (Wildman–Crippen MR) is 98.3 cm³/mol. The lowest BCUT2D eigenvalue weighted by Crippen LogP contribution is -2.32. The predicted octanol–water partition coefficient (Wildman–Crippen LogP) is 4.34. The number of carbonyl (C=O) groups is 1. The first-order valence-corrected chi connectivity index (χ1v) is 9.69. The maximum absolute atomic E-state index is 12.7. The standard InChI is InChI=1S/C19H20N2O3S/c1-11-7-8-12(10-15(11)21(23)24)17-18-13(4-2-6-16(18)22)20-14-5-3-9-25-19(14)17/h7-8,10,17,20H,2-6,9H2,1H3. The first-order chi connectivity index (χ1) is 12.1. The quantitative estimate of drug-likeness (QED) is 0.630. The van der Waals surface area contributed by atoms with Crippen molar-refractivity contribution in [2.75, 3.05) is 5.75 Å². The highest BCUT2D eigenvalue weighted by atomic mass is 32.2. The Morgan fingerprint density at radius 1 is 1.20 bits per heavy atom. The van der Waals surface area contributed by atoms with Gasteiger partial charge in [0, 0.05) is 45.8 Å². The molecule has 0 spiro atoms. The molecule has 0 radical (unpaired) electrons. The van der Waals surface area contributed by atoms with E-state index in [1.165, 1.54) is 10.6 Å². The second-order valence-corrected chi connectivity index (χ2v) is 7.96. The lowest BCUT2D eigenvalue weighted by Gasteiger charge is -2.37. The first kappa shape index (κ1) is 16.4. The Bertz CT molecular complexity index is 841. The smallest absolute Gasteiger partial charge is 0.272 e. The fourth-order valence-electron chi connectivity index (χ4n) is 3.99. The molecule has 6 heteroatoms. The van der Waals surface area contributed by atoms with Gasteiger partial charge in [0.15, 0.2) is 5.78 Å². The van der Waals surface area contributed by atoms with Crippen LogP contribution in [0.2, 0.25) is 0 Å². The Morgan fingerprint density at radius 3 is 2.80 bits per heavy atom. The minimum absolute atomic E-state index is 0.129. The Kier molecular flexibility index (Phi) is 4.15. The van der Waals surface area contributed by atoms with Crippen molar-refractivity contribution in [3.05, 3.63) is 61.3 Å². The summed E-state index contributed by atoms with van der Waals surface area (Å²) >= 11 is 1.79. The van der Waals surface area contributed by atoms with Crippen molar-refractivity contribution < 1.29 is 9.72 Å². The van der Waals surface area contributed by atoms with Crippen molar-refractivity contribution in [3.63, 3.8) is 0 Å². The number of nitrogens with one attached hydrogen (secondary N) is 1. The third-order valence-corrected chi connectivity index (χ3v) is 6.48. The monoisotopic (exact) mass is 356 g/mol. The highest BCUT2D eigenvalue weighted by Gasteiger charge is 2.38. The minimum Gasteiger partial charge on any atom is -0.361 e. The van der Waals surface area contributed by atoms with E-state index in [2.05, 4.69) is 5.32 Å². The molecule has 4 rings (SSSR count). The number of dihydropyridines is 1. The molecule has 1 aromatic rings. The number of carbonyl (C=O) groups excluding carboxylic acids is 1. The van der Waals surface area contributed by atoms with Crippen molar-refractivity contribution in [2.24, 2.45) is 0 Å². The zero-order chi connectivity index (χ0) is 17.6. The van der Waals surface area contributed by atoms with Crippen LogP contribution < -0.4 is 5.32 Å². The largest absolute Gasteiger partial charge is 0.361 e. The van der Waals surface area contributed by atoms with Crippen molar-refractivity contribution in [1.82, 2.24) is 5.32 Å². The number of thioether (sulfide) groups is 1. The van der Waals surface area contributed by atoms with Gasteiger partial charge in [0.25, 0.3) is 5.69 Å². The number of rotatable bonds is 2. The molecule has 0 saturated heterocycles. The summed E-state index contributed by atoms with van der Waals surface area (Å²) in [5.74, 6) is 1.06. The van der Waals surface area contributed by atoms with Gasteiger partial charge in [0.1, 0.15) is 0 Å². The third-order valence-electron chi connectivity index (χ3n) is 5.20. The van der Waals surface area contributed by atoms with Crippen molar-refractivity contribution in [2.45, 2.75) is 44.9 Å². The lowest BCUT2D eigenvalue weighted by molar-refractivity contribution is -0.385. The van der Waals surface area contributed by atoms with Gasteiger partial charge < -0.3 is 5.32 Å². The van der Waals surface area contributed by atoms with Crippen LogP contribution in [-0.4, -0.2) is 16.5 Å². The number of Topliss-reactive ketones (excluding diaryl/α,β-unsaturated/α-hetero) is 1. The number of ketones is 1. The average molecular weight is 356 g/mol. The zero-order valence-corrected chi connectivity index (χ0v) is 14.9. The molecule has 0 fully saturated rings. The van der Waals surface area contributed by atoms with Crippen molar-refractivity contribution >= 4 is 23.2 Å². The Labute approximate surface area is 150 Å². The van der Waals surface area contributed by atoms with Gasteiger partial charge in [0.05, 0.1) is 4.92 Å². The Hall–Kier alpha value is -2.08. The number of benzene rings is 1. The van der Waals surface area contributed by atoms with Gasteiger partial charge in [-0.1, -0.05) is 12.1 Å². The van der Waals surface area contributed by atoms with E-state index in [1.807, 2.05) is 6.07 Å². The molecule has 0 aromatic heterocycles. The summed E-state index contributed by atoms with van der Waals surface area (Å²) < 4.78 is 0. The van der Waals surface area contributed by atoms with Crippen LogP contribution in [-0.2, 0) is 4.79 Å². The molecule has 1 aliphatic carbocycles. The number of nitro groups is 1. The summed E-state index contributed by atoms with van der Waals surface area (Å²) in [6.07, 6.45) is 4.43. The van der Waals surface area contributed by atoms with Crippen molar-refractivity contribution in [3.8, 4) is 0 Å². The first-order valence-electron chi connectivity index (χ1n) is 8.70. The van der Waals surface area contributed by atoms with Crippen LogP contribution in [0, 0.1) is 17.0 Å². The molecular formula is C19H20N2O3S. The van der Waals surface area contributed by atoms with E-state index in [1.54, 1.807) is 30.8 Å². The topological polar surface area (TPSA) is 72.2 Å². The van der Waals surface area contributed by atoms with Crippen LogP contribution in [0.4, 0.5) is 5.69 Å². The summed E-state index contributed by atoms with van der Waals surface area (Å²) in [5, 5.41) is 14.9. The minimum atomic E-state index is -0.332. The molecule has 1 N–H and O–H groups in total. The summed E-state index contributed by atoms with van der Waals surface area (Å²) in [7, 11) is 0. The fourth-order valence-corrected chi connectivity index (χ4v) is 5.24. The maximum Gasteiger partial charge on any atom is 0.272 e. The number of aryl methyl sites for hydroxylation is 1. The molecule has 0 amide bonds. The number of allylic oxidation sites excluding steroid dienone is 4. The van der Waals surface area contributed by atoms with E-state index in [0.29, 0.717) is 12.0 Å². The van der Waals surface area contributed by atoms with E-state index >= 15 is 0 Å². The second kappa shape index (κ2) is 6.33. The van der Waals surface area contributed by atoms with Gasteiger partial charge in [-0.15, -0.1) is 11.8 Å². The Morgan fingerprint density at radius 2 is 2.00 bits per heavy atom. The molecular weight excluding hydrogens is 336 g/mol. The third kappa shape index (κ3) is 2.78. The van der Waals surface area contributed by atoms with E-state index in [4.69, 9.17) is 0 Å². The summed E-state index contributed by atoms with van der Waals surface area (Å²) in [5.41, 5.74) is 4.71. The van der Waals surface area contributed by atoms with Gasteiger partial charge in [-0.05, 0) is 43.9 Å². The summed E-state index contributed by atoms with van der Waals surface area (Å²) in [4.78, 5) is 24.9. The van der Waals surface area contributed by atoms with E-state index in [0.717, 1.165) is 48.3 Å². The summed E-state index contributed by atoms with van der Waals surface area (Å²) in [6, 6.07) is 5.42. The number of nitrogens with zero attached hydrogens (tertiary/aromatic N) is 1. The zero-order valence-electron chi connectivity index (χ0n) is 14.1. The second-order valence-electron chi connectivity index (χ2n) is 6.82. The molecule has 25 heavy (non-hydrogen) atoms. The summed E-state index contributed by atoms with van der Waals surface area (Å²) in [6.45, 7) is 1.75. The SMILES string of the molecule is Cc1ccc(C2C3=C(CCCS3)NC3=C2C(=O)CCC3)cc1[N+](=O)[O-]. The van der Waals surface area contributed by atoms with Crippen LogP contribution in [0.1, 0.15) is 49.1 Å². The van der Waals surface area contributed by atoms with E-state index in [-0.39, 0.29) is 22.3 Å². The molecule has 2 aliphatic heterocycles. The van der Waals surface area contributed by atoms with Crippen LogP contribution in [0.15, 0.2) is 40.1 Å². The van der Waals surface area contributed by atoms with Crippen LogP contribution in [0.25, 0.3) is 0 Å². The average Bonchev–Trinajstić information content (AvgIpc) is 2.60. The highest BCUT2D eigenvalue weighted by molar-refractivity contribution is 8.03. The number of hydrogen-bond acceptors (Lipinski definition) is 5. The fraction of sp³-hybridized carbons (Fsp3) is 0.421. The Balaban J connectivity index is 1.88. The molecule has 0 bridgehead atoms. The van der Waals surface area contributed by atoms with Crippen LogP contribution in [0.5, 0.6) is 0 Å². The van der Waals surface area contributed by atoms with Gasteiger partial charge in [0.2, 0.25) is 0 Å². The van der Waals surface area contributed by atoms with Gasteiger partial charge in [-0.2, -0.15) is 0 Å². The highest BCUT2D eigenvalue weighted by Crippen LogP contribution is 2.49. The molecule has 3 aliphatic rings. The van der Waals surface area contributed by atoms with Crippen LogP contribution >= 0.6 is 11.8 Å². The van der Waals surface area contributed by atoms with Gasteiger partial charge in [-0.25, -0.2) is 0 Å². The maximum atomic E-state index is 12.7. The van der Waals surface area contributed by atoms with E-state index in [9.17, 15) is 14.9 Å². The molecule has 1 aromatic carbocycles. The number of nitro benzene ring substituents is 1. The molecule has 0 saturated carbocycles. The van der Waals surface area contributed by atoms with Gasteiger partial charge in [-0.3, -0.25) is 14.9 Å². The molecule has 1 unspecified atom stereocenters. The number of hydrogen-bond donors (Lipinski definition) is 1. The molecule has 5 nitrogen and oxygen atoms in total. The molecule has 130 valence electrons. The van der Waals surface area contributed by atoms with E-state index < -0.39 is 0 Å². The molecule has 2 heterocycles. The normalized spacial score (nSPS) is 23.1. The lowest BCUT2D eigenvalue weighted by atomic mass is 9.78.